The molecule has 6 nitrogen and oxygen atoms in total. The number of hydrogen-bond donors (Lipinski definition) is 2. The predicted octanol–water partition coefficient (Wildman–Crippen LogP) is 4.82. The SMILES string of the molecule is COc1ccc(CCNc2cc(Nc3cc(C)cc(C)c3)nc(C)n2)cc1OC. The smallest absolute Gasteiger partial charge is 0.160 e. The minimum atomic E-state index is 0.716. The number of ether oxygens (including phenoxy) is 2. The van der Waals surface area contributed by atoms with E-state index in [1.807, 2.05) is 31.2 Å². The molecule has 29 heavy (non-hydrogen) atoms. The number of aromatic nitrogens is 2. The Bertz CT molecular complexity index is 968. The second kappa shape index (κ2) is 9.28. The van der Waals surface area contributed by atoms with Gasteiger partial charge in [0.05, 0.1) is 14.2 Å². The number of benzene rings is 2. The number of methoxy groups -OCH3 is 2. The van der Waals surface area contributed by atoms with Crippen LogP contribution >= 0.6 is 0 Å². The van der Waals surface area contributed by atoms with Gasteiger partial charge in [0.25, 0.3) is 0 Å². The van der Waals surface area contributed by atoms with E-state index in [1.165, 1.54) is 11.1 Å². The second-order valence-electron chi connectivity index (χ2n) is 7.05. The third-order valence-electron chi connectivity index (χ3n) is 4.50. The van der Waals surface area contributed by atoms with Crippen LogP contribution in [-0.2, 0) is 6.42 Å². The molecular weight excluding hydrogens is 364 g/mol. The van der Waals surface area contributed by atoms with Crippen molar-refractivity contribution < 1.29 is 9.47 Å². The molecule has 0 bridgehead atoms. The van der Waals surface area contributed by atoms with Crippen LogP contribution in [0.15, 0.2) is 42.5 Å². The Balaban J connectivity index is 1.65. The highest BCUT2D eigenvalue weighted by Crippen LogP contribution is 2.27. The maximum absolute atomic E-state index is 5.37. The first-order valence-electron chi connectivity index (χ1n) is 9.62. The lowest BCUT2D eigenvalue weighted by molar-refractivity contribution is 0.354. The number of nitrogens with zero attached hydrogens (tertiary/aromatic N) is 2. The molecule has 0 fully saturated rings. The Kier molecular flexibility index (Phi) is 6.54. The van der Waals surface area contributed by atoms with E-state index in [0.29, 0.717) is 5.82 Å². The van der Waals surface area contributed by atoms with Crippen molar-refractivity contribution in [3.8, 4) is 11.5 Å². The molecular formula is C23H28N4O2. The average molecular weight is 393 g/mol. The molecule has 2 N–H and O–H groups in total. The van der Waals surface area contributed by atoms with Gasteiger partial charge >= 0.3 is 0 Å². The minimum absolute atomic E-state index is 0.716. The molecule has 6 heteroatoms. The van der Waals surface area contributed by atoms with Gasteiger partial charge in [0.2, 0.25) is 0 Å². The number of aryl methyl sites for hydroxylation is 3. The van der Waals surface area contributed by atoms with E-state index in [9.17, 15) is 0 Å². The Labute approximate surface area is 172 Å². The van der Waals surface area contributed by atoms with Crippen LogP contribution in [0.5, 0.6) is 11.5 Å². The van der Waals surface area contributed by atoms with Crippen LogP contribution in [0.25, 0.3) is 0 Å². The molecule has 1 aromatic heterocycles. The quantitative estimate of drug-likeness (QED) is 0.573. The highest BCUT2D eigenvalue weighted by molar-refractivity contribution is 5.61. The van der Waals surface area contributed by atoms with Crippen LogP contribution in [0.1, 0.15) is 22.5 Å². The Morgan fingerprint density at radius 2 is 1.48 bits per heavy atom. The van der Waals surface area contributed by atoms with E-state index < -0.39 is 0 Å². The van der Waals surface area contributed by atoms with E-state index in [2.05, 4.69) is 52.6 Å². The van der Waals surface area contributed by atoms with Gasteiger partial charge < -0.3 is 20.1 Å². The van der Waals surface area contributed by atoms with Gasteiger partial charge in [-0.3, -0.25) is 0 Å². The number of hydrogen-bond acceptors (Lipinski definition) is 6. The van der Waals surface area contributed by atoms with Gasteiger partial charge in [-0.1, -0.05) is 12.1 Å². The van der Waals surface area contributed by atoms with Gasteiger partial charge in [-0.15, -0.1) is 0 Å². The van der Waals surface area contributed by atoms with Crippen molar-refractivity contribution in [3.05, 3.63) is 65.0 Å². The zero-order valence-corrected chi connectivity index (χ0v) is 17.7. The second-order valence-corrected chi connectivity index (χ2v) is 7.05. The van der Waals surface area contributed by atoms with Crippen molar-refractivity contribution in [1.29, 1.82) is 0 Å². The van der Waals surface area contributed by atoms with E-state index in [0.717, 1.165) is 47.4 Å². The van der Waals surface area contributed by atoms with Gasteiger partial charge in [0.1, 0.15) is 17.5 Å². The van der Waals surface area contributed by atoms with Crippen molar-refractivity contribution in [1.82, 2.24) is 9.97 Å². The largest absolute Gasteiger partial charge is 0.493 e. The van der Waals surface area contributed by atoms with E-state index in [4.69, 9.17) is 9.47 Å². The lowest BCUT2D eigenvalue weighted by atomic mass is 10.1. The van der Waals surface area contributed by atoms with Gasteiger partial charge in [0.15, 0.2) is 11.5 Å². The molecule has 0 atom stereocenters. The lowest BCUT2D eigenvalue weighted by Crippen LogP contribution is -2.08. The molecule has 1 heterocycles. The molecule has 0 saturated heterocycles. The van der Waals surface area contributed by atoms with Crippen molar-refractivity contribution in [2.24, 2.45) is 0 Å². The summed E-state index contributed by atoms with van der Waals surface area (Å²) in [6.45, 7) is 6.82. The summed E-state index contributed by atoms with van der Waals surface area (Å²) in [5, 5.41) is 6.77. The molecule has 3 aromatic rings. The third kappa shape index (κ3) is 5.60. The van der Waals surface area contributed by atoms with Crippen LogP contribution < -0.4 is 20.1 Å². The summed E-state index contributed by atoms with van der Waals surface area (Å²) in [5.41, 5.74) is 4.62. The highest BCUT2D eigenvalue weighted by atomic mass is 16.5. The number of nitrogens with one attached hydrogen (secondary N) is 2. The Hall–Kier alpha value is -3.28. The van der Waals surface area contributed by atoms with E-state index in [-0.39, 0.29) is 0 Å². The summed E-state index contributed by atoms with van der Waals surface area (Å²) in [5.74, 6) is 3.76. The fraction of sp³-hybridized carbons (Fsp3) is 0.304. The fourth-order valence-electron chi connectivity index (χ4n) is 3.29. The molecule has 152 valence electrons. The maximum Gasteiger partial charge on any atom is 0.160 e. The standard InChI is InChI=1S/C23H28N4O2/c1-15-10-16(2)12-19(11-15)27-23-14-22(25-17(3)26-23)24-9-8-18-6-7-20(28-4)21(13-18)29-5/h6-7,10-14H,8-9H2,1-5H3,(H2,24,25,26,27). The average Bonchev–Trinajstić information content (AvgIpc) is 2.66. The summed E-state index contributed by atoms with van der Waals surface area (Å²) in [6, 6.07) is 14.3. The van der Waals surface area contributed by atoms with Gasteiger partial charge in [-0.25, -0.2) is 9.97 Å². The van der Waals surface area contributed by atoms with Crippen LogP contribution in [-0.4, -0.2) is 30.7 Å². The van der Waals surface area contributed by atoms with Crippen LogP contribution in [0.4, 0.5) is 17.3 Å². The van der Waals surface area contributed by atoms with E-state index in [1.54, 1.807) is 14.2 Å². The first-order valence-corrected chi connectivity index (χ1v) is 9.62. The summed E-state index contributed by atoms with van der Waals surface area (Å²) in [4.78, 5) is 9.00. The van der Waals surface area contributed by atoms with Crippen LogP contribution in [0, 0.1) is 20.8 Å². The first kappa shape index (κ1) is 20.5. The Morgan fingerprint density at radius 1 is 0.793 bits per heavy atom. The molecule has 0 aliphatic carbocycles. The zero-order chi connectivity index (χ0) is 20.8. The Morgan fingerprint density at radius 3 is 2.17 bits per heavy atom. The molecule has 3 rings (SSSR count). The summed E-state index contributed by atoms with van der Waals surface area (Å²) in [6.07, 6.45) is 0.837. The summed E-state index contributed by atoms with van der Waals surface area (Å²) >= 11 is 0. The van der Waals surface area contributed by atoms with Gasteiger partial charge in [0, 0.05) is 18.3 Å². The predicted molar refractivity (Wildman–Crippen MR) is 118 cm³/mol. The molecule has 0 unspecified atom stereocenters. The highest BCUT2D eigenvalue weighted by Gasteiger charge is 2.06. The molecule has 0 amide bonds. The monoisotopic (exact) mass is 392 g/mol. The molecule has 0 spiro atoms. The molecule has 0 radical (unpaired) electrons. The minimum Gasteiger partial charge on any atom is -0.493 e. The van der Waals surface area contributed by atoms with E-state index >= 15 is 0 Å². The van der Waals surface area contributed by atoms with Crippen LogP contribution in [0.2, 0.25) is 0 Å². The fourth-order valence-corrected chi connectivity index (χ4v) is 3.29. The molecule has 0 aliphatic rings. The zero-order valence-electron chi connectivity index (χ0n) is 17.7. The molecule has 2 aromatic carbocycles. The first-order chi connectivity index (χ1) is 14.0. The topological polar surface area (TPSA) is 68.3 Å². The van der Waals surface area contributed by atoms with Crippen molar-refractivity contribution in [2.75, 3.05) is 31.4 Å². The normalized spacial score (nSPS) is 10.5. The van der Waals surface area contributed by atoms with Crippen LogP contribution in [0.3, 0.4) is 0 Å². The number of anilines is 3. The van der Waals surface area contributed by atoms with Gasteiger partial charge in [-0.05, 0) is 68.1 Å². The third-order valence-corrected chi connectivity index (χ3v) is 4.50. The van der Waals surface area contributed by atoms with Crippen molar-refractivity contribution in [2.45, 2.75) is 27.2 Å². The maximum atomic E-state index is 5.37. The van der Waals surface area contributed by atoms with Gasteiger partial charge in [-0.2, -0.15) is 0 Å². The van der Waals surface area contributed by atoms with Crippen molar-refractivity contribution >= 4 is 17.3 Å². The number of rotatable bonds is 8. The molecule has 0 aliphatic heterocycles. The lowest BCUT2D eigenvalue weighted by Gasteiger charge is -2.12. The van der Waals surface area contributed by atoms with Crippen molar-refractivity contribution in [3.63, 3.8) is 0 Å². The summed E-state index contributed by atoms with van der Waals surface area (Å²) in [7, 11) is 3.29. The molecule has 0 saturated carbocycles. The summed E-state index contributed by atoms with van der Waals surface area (Å²) < 4.78 is 10.7.